The molecule has 0 radical (unpaired) electrons. The molecule has 1 aromatic heterocycles. The van der Waals surface area contributed by atoms with Crippen LogP contribution >= 0.6 is 0 Å². The lowest BCUT2D eigenvalue weighted by molar-refractivity contribution is 0.0529. The first-order chi connectivity index (χ1) is 11.8. The number of hydrogen-bond acceptors (Lipinski definition) is 4. The largest absolute Gasteiger partial charge is 0.462 e. The summed E-state index contributed by atoms with van der Waals surface area (Å²) >= 11 is 0. The van der Waals surface area contributed by atoms with E-state index in [1.165, 1.54) is 0 Å². The number of fused-ring (bicyclic) bond motifs is 1. The van der Waals surface area contributed by atoms with Crippen LogP contribution in [-0.2, 0) is 21.6 Å². The first-order valence-electron chi connectivity index (χ1n) is 7.89. The SMILES string of the molecule is CCOC(=O)c1c(-c2ccccc2)n(C)c2ccc(S(C)(=O)=O)cc12. The van der Waals surface area contributed by atoms with E-state index in [0.717, 1.165) is 17.3 Å². The summed E-state index contributed by atoms with van der Waals surface area (Å²) in [7, 11) is -1.52. The van der Waals surface area contributed by atoms with E-state index in [1.54, 1.807) is 25.1 Å². The minimum absolute atomic E-state index is 0.177. The lowest BCUT2D eigenvalue weighted by atomic mass is 10.1. The quantitative estimate of drug-likeness (QED) is 0.671. The Morgan fingerprint density at radius 1 is 1.12 bits per heavy atom. The Kier molecular flexibility index (Phi) is 4.39. The van der Waals surface area contributed by atoms with Crippen LogP contribution in [0.3, 0.4) is 0 Å². The van der Waals surface area contributed by atoms with Gasteiger partial charge in [0.2, 0.25) is 0 Å². The molecule has 0 spiro atoms. The molecule has 0 atom stereocenters. The summed E-state index contributed by atoms with van der Waals surface area (Å²) in [6.07, 6.45) is 1.15. The Morgan fingerprint density at radius 3 is 2.40 bits per heavy atom. The summed E-state index contributed by atoms with van der Waals surface area (Å²) in [5.41, 5.74) is 2.73. The Labute approximate surface area is 146 Å². The average Bonchev–Trinajstić information content (AvgIpc) is 2.87. The highest BCUT2D eigenvalue weighted by molar-refractivity contribution is 7.90. The number of carbonyl (C=O) groups excluding carboxylic acids is 1. The zero-order valence-corrected chi connectivity index (χ0v) is 15.1. The maximum absolute atomic E-state index is 12.6. The molecule has 25 heavy (non-hydrogen) atoms. The number of nitrogens with zero attached hydrogens (tertiary/aromatic N) is 1. The Bertz CT molecular complexity index is 1050. The topological polar surface area (TPSA) is 65.4 Å². The van der Waals surface area contributed by atoms with Crippen molar-refractivity contribution in [3.8, 4) is 11.3 Å². The number of benzene rings is 2. The van der Waals surface area contributed by atoms with Gasteiger partial charge in [-0.3, -0.25) is 0 Å². The van der Waals surface area contributed by atoms with Crippen molar-refractivity contribution < 1.29 is 17.9 Å². The lowest BCUT2D eigenvalue weighted by Crippen LogP contribution is -2.06. The first-order valence-corrected chi connectivity index (χ1v) is 9.78. The summed E-state index contributed by atoms with van der Waals surface area (Å²) < 4.78 is 31.0. The normalized spacial score (nSPS) is 11.6. The third-order valence-corrected chi connectivity index (χ3v) is 5.24. The molecule has 6 heteroatoms. The van der Waals surface area contributed by atoms with Crippen LogP contribution in [0.15, 0.2) is 53.4 Å². The third-order valence-electron chi connectivity index (χ3n) is 4.13. The van der Waals surface area contributed by atoms with E-state index in [2.05, 4.69) is 0 Å². The van der Waals surface area contributed by atoms with Gasteiger partial charge in [0.25, 0.3) is 0 Å². The second kappa shape index (κ2) is 6.37. The molecule has 0 fully saturated rings. The molecule has 2 aromatic carbocycles. The van der Waals surface area contributed by atoms with E-state index < -0.39 is 15.8 Å². The number of carbonyl (C=O) groups is 1. The van der Waals surface area contributed by atoms with Gasteiger partial charge in [-0.15, -0.1) is 0 Å². The van der Waals surface area contributed by atoms with E-state index >= 15 is 0 Å². The van der Waals surface area contributed by atoms with Gasteiger partial charge in [0.1, 0.15) is 0 Å². The zero-order valence-electron chi connectivity index (χ0n) is 14.3. The highest BCUT2D eigenvalue weighted by atomic mass is 32.2. The standard InChI is InChI=1S/C19H19NO4S/c1-4-24-19(21)17-15-12-14(25(3,22)23)10-11-16(15)20(2)18(17)13-8-6-5-7-9-13/h5-12H,4H2,1-3H3. The summed E-state index contributed by atoms with van der Waals surface area (Å²) in [5, 5.41) is 0.572. The van der Waals surface area contributed by atoms with Crippen molar-refractivity contribution in [3.63, 3.8) is 0 Å². The van der Waals surface area contributed by atoms with Crippen molar-refractivity contribution in [1.29, 1.82) is 0 Å². The van der Waals surface area contributed by atoms with Gasteiger partial charge in [0, 0.05) is 24.2 Å². The Hall–Kier alpha value is -2.60. The lowest BCUT2D eigenvalue weighted by Gasteiger charge is -2.07. The van der Waals surface area contributed by atoms with Crippen molar-refractivity contribution in [2.45, 2.75) is 11.8 Å². The molecule has 3 aromatic rings. The number of rotatable bonds is 4. The first kappa shape index (κ1) is 17.2. The molecule has 0 bridgehead atoms. The van der Waals surface area contributed by atoms with E-state index in [9.17, 15) is 13.2 Å². The Morgan fingerprint density at radius 2 is 1.80 bits per heavy atom. The van der Waals surface area contributed by atoms with E-state index in [0.29, 0.717) is 16.6 Å². The smallest absolute Gasteiger partial charge is 0.340 e. The second-order valence-corrected chi connectivity index (χ2v) is 7.84. The van der Waals surface area contributed by atoms with Crippen molar-refractivity contribution >= 4 is 26.7 Å². The van der Waals surface area contributed by atoms with Crippen molar-refractivity contribution in [2.75, 3.05) is 12.9 Å². The summed E-state index contributed by atoms with van der Waals surface area (Å²) in [6.45, 7) is 1.99. The molecule has 0 saturated carbocycles. The van der Waals surface area contributed by atoms with Crippen molar-refractivity contribution in [1.82, 2.24) is 4.57 Å². The maximum Gasteiger partial charge on any atom is 0.340 e. The van der Waals surface area contributed by atoms with Crippen LogP contribution in [0.25, 0.3) is 22.2 Å². The molecule has 0 aliphatic carbocycles. The maximum atomic E-state index is 12.6. The summed E-state index contributed by atoms with van der Waals surface area (Å²) in [6, 6.07) is 14.3. The number of sulfone groups is 1. The minimum Gasteiger partial charge on any atom is -0.462 e. The predicted octanol–water partition coefficient (Wildman–Crippen LogP) is 3.43. The monoisotopic (exact) mass is 357 g/mol. The molecule has 0 aliphatic heterocycles. The average molecular weight is 357 g/mol. The minimum atomic E-state index is -3.38. The highest BCUT2D eigenvalue weighted by Crippen LogP contribution is 2.34. The summed E-state index contributed by atoms with van der Waals surface area (Å²) in [4.78, 5) is 12.8. The van der Waals surface area contributed by atoms with Gasteiger partial charge in [-0.1, -0.05) is 30.3 Å². The highest BCUT2D eigenvalue weighted by Gasteiger charge is 2.24. The van der Waals surface area contributed by atoms with Crippen LogP contribution < -0.4 is 0 Å². The van der Waals surface area contributed by atoms with Crippen LogP contribution in [0, 0.1) is 0 Å². The van der Waals surface area contributed by atoms with Gasteiger partial charge in [0.05, 0.1) is 22.8 Å². The fourth-order valence-electron chi connectivity index (χ4n) is 3.00. The van der Waals surface area contributed by atoms with Gasteiger partial charge in [0.15, 0.2) is 9.84 Å². The number of aryl methyl sites for hydroxylation is 1. The van der Waals surface area contributed by atoms with Crippen LogP contribution in [-0.4, -0.2) is 31.8 Å². The second-order valence-electron chi connectivity index (χ2n) is 5.82. The molecular formula is C19H19NO4S. The van der Waals surface area contributed by atoms with Crippen LogP contribution in [0.4, 0.5) is 0 Å². The van der Waals surface area contributed by atoms with E-state index in [4.69, 9.17) is 4.74 Å². The predicted molar refractivity (Wildman–Crippen MR) is 97.4 cm³/mol. The molecule has 5 nitrogen and oxygen atoms in total. The number of ether oxygens (including phenoxy) is 1. The zero-order chi connectivity index (χ0) is 18.2. The fraction of sp³-hybridized carbons (Fsp3) is 0.211. The molecule has 0 unspecified atom stereocenters. The molecule has 130 valence electrons. The van der Waals surface area contributed by atoms with Crippen LogP contribution in [0.5, 0.6) is 0 Å². The van der Waals surface area contributed by atoms with Gasteiger partial charge in [-0.25, -0.2) is 13.2 Å². The van der Waals surface area contributed by atoms with Gasteiger partial charge in [-0.2, -0.15) is 0 Å². The Balaban J connectivity index is 2.40. The number of hydrogen-bond donors (Lipinski definition) is 0. The molecular weight excluding hydrogens is 338 g/mol. The molecule has 3 rings (SSSR count). The number of esters is 1. The molecule has 0 amide bonds. The van der Waals surface area contributed by atoms with Gasteiger partial charge >= 0.3 is 5.97 Å². The molecule has 0 N–H and O–H groups in total. The number of aromatic nitrogens is 1. The van der Waals surface area contributed by atoms with Crippen LogP contribution in [0.1, 0.15) is 17.3 Å². The molecule has 0 saturated heterocycles. The van der Waals surface area contributed by atoms with E-state index in [-0.39, 0.29) is 11.5 Å². The fourth-order valence-corrected chi connectivity index (χ4v) is 3.65. The molecule has 0 aliphatic rings. The molecule has 1 heterocycles. The van der Waals surface area contributed by atoms with Crippen molar-refractivity contribution in [3.05, 3.63) is 54.1 Å². The third kappa shape index (κ3) is 3.05. The summed E-state index contributed by atoms with van der Waals surface area (Å²) in [5.74, 6) is -0.461. The van der Waals surface area contributed by atoms with Crippen molar-refractivity contribution in [2.24, 2.45) is 7.05 Å². The van der Waals surface area contributed by atoms with Crippen LogP contribution in [0.2, 0.25) is 0 Å². The van der Waals surface area contributed by atoms with Gasteiger partial charge < -0.3 is 9.30 Å². The van der Waals surface area contributed by atoms with E-state index in [1.807, 2.05) is 41.9 Å². The van der Waals surface area contributed by atoms with Gasteiger partial charge in [-0.05, 0) is 30.7 Å².